The molecule has 0 fully saturated rings. The van der Waals surface area contributed by atoms with Gasteiger partial charge in [-0.05, 0) is 55.0 Å². The van der Waals surface area contributed by atoms with Crippen molar-refractivity contribution in [3.8, 4) is 11.5 Å². The van der Waals surface area contributed by atoms with E-state index >= 15 is 0 Å². The van der Waals surface area contributed by atoms with Crippen molar-refractivity contribution in [2.24, 2.45) is 4.99 Å². The number of carbonyl (C=O) groups excluding carboxylic acids is 2. The molecule has 0 saturated heterocycles. The van der Waals surface area contributed by atoms with Crippen LogP contribution in [-0.4, -0.2) is 24.4 Å². The third kappa shape index (κ3) is 4.68. The number of rotatable bonds is 6. The van der Waals surface area contributed by atoms with Gasteiger partial charge in [-0.1, -0.05) is 35.3 Å². The van der Waals surface area contributed by atoms with E-state index < -0.39 is 11.9 Å². The Hall–Kier alpha value is -3.59. The number of thiophene rings is 1. The smallest absolute Gasteiger partial charge is 0.379 e. The zero-order valence-electron chi connectivity index (χ0n) is 18.0. The molecule has 1 aliphatic rings. The molecule has 0 amide bonds. The lowest BCUT2D eigenvalue weighted by Gasteiger charge is -2.10. The van der Waals surface area contributed by atoms with Crippen LogP contribution >= 0.6 is 34.5 Å². The summed E-state index contributed by atoms with van der Waals surface area (Å²) in [5.74, 6) is -0.546. The van der Waals surface area contributed by atoms with Gasteiger partial charge in [0.2, 0.25) is 11.7 Å². The highest BCUT2D eigenvalue weighted by atomic mass is 35.5. The number of furan rings is 1. The molecule has 0 spiro atoms. The van der Waals surface area contributed by atoms with Gasteiger partial charge in [0.25, 0.3) is 0 Å². The Morgan fingerprint density at radius 3 is 2.77 bits per heavy atom. The Morgan fingerprint density at radius 2 is 2.00 bits per heavy atom. The van der Waals surface area contributed by atoms with Crippen molar-refractivity contribution in [1.29, 1.82) is 0 Å². The van der Waals surface area contributed by atoms with E-state index in [1.807, 2.05) is 6.07 Å². The molecule has 0 bridgehead atoms. The lowest BCUT2D eigenvalue weighted by Crippen LogP contribution is -2.08. The third-order valence-corrected chi connectivity index (χ3v) is 6.78. The molecule has 35 heavy (non-hydrogen) atoms. The van der Waals surface area contributed by atoms with Crippen LogP contribution in [0, 0.1) is 0 Å². The van der Waals surface area contributed by atoms with E-state index in [1.54, 1.807) is 49.4 Å². The van der Waals surface area contributed by atoms with Crippen molar-refractivity contribution >= 4 is 68.5 Å². The number of fused-ring (bicyclic) bond motifs is 1. The largest absolute Gasteiger partial charge is 0.490 e. The van der Waals surface area contributed by atoms with Crippen LogP contribution in [0.1, 0.15) is 27.9 Å². The van der Waals surface area contributed by atoms with E-state index in [9.17, 15) is 9.59 Å². The van der Waals surface area contributed by atoms with Crippen molar-refractivity contribution in [1.82, 2.24) is 0 Å². The number of esters is 2. The summed E-state index contributed by atoms with van der Waals surface area (Å²) in [6.07, 6.45) is 2.93. The summed E-state index contributed by atoms with van der Waals surface area (Å²) >= 11 is 13.9. The fourth-order valence-electron chi connectivity index (χ4n) is 3.35. The Bertz CT molecular complexity index is 1520. The maximum absolute atomic E-state index is 12.5. The standard InChI is InChI=1S/C25H15Cl2NO6S/c1-2-31-19-11-13(5-8-17(19)33-25(30)18-4-3-9-32-18)10-16-24(29)34-23(28-16)22-21(27)15-7-6-14(26)12-20(15)35-22/h3-12H,2H2,1H3/b16-10+. The molecule has 0 atom stereocenters. The highest BCUT2D eigenvalue weighted by molar-refractivity contribution is 7.21. The van der Waals surface area contributed by atoms with Crippen LogP contribution in [0.25, 0.3) is 16.2 Å². The first kappa shape index (κ1) is 23.2. The van der Waals surface area contributed by atoms with Crippen molar-refractivity contribution in [3.05, 3.63) is 86.7 Å². The zero-order chi connectivity index (χ0) is 24.5. The lowest BCUT2D eigenvalue weighted by molar-refractivity contribution is -0.129. The van der Waals surface area contributed by atoms with Crippen molar-refractivity contribution < 1.29 is 28.2 Å². The molecule has 0 aliphatic carbocycles. The molecule has 10 heteroatoms. The van der Waals surface area contributed by atoms with Crippen molar-refractivity contribution in [3.63, 3.8) is 0 Å². The molecule has 0 radical (unpaired) electrons. The summed E-state index contributed by atoms with van der Waals surface area (Å²) in [6, 6.07) is 13.3. The van der Waals surface area contributed by atoms with Gasteiger partial charge in [0.15, 0.2) is 17.2 Å². The van der Waals surface area contributed by atoms with Crippen LogP contribution < -0.4 is 9.47 Å². The number of cyclic esters (lactones) is 1. The van der Waals surface area contributed by atoms with E-state index in [1.165, 1.54) is 23.7 Å². The van der Waals surface area contributed by atoms with E-state index in [0.29, 0.717) is 32.8 Å². The molecule has 1 aliphatic heterocycles. The van der Waals surface area contributed by atoms with Crippen LogP contribution in [0.4, 0.5) is 0 Å². The molecule has 4 aromatic rings. The number of halogens is 2. The minimum absolute atomic E-state index is 0.0661. The van der Waals surface area contributed by atoms with Gasteiger partial charge in [-0.25, -0.2) is 14.6 Å². The SMILES string of the molecule is CCOc1cc(/C=C2/N=C(c3sc4cc(Cl)ccc4c3Cl)OC2=O)ccc1OC(=O)c1ccco1. The number of hydrogen-bond acceptors (Lipinski definition) is 8. The first-order chi connectivity index (χ1) is 16.9. The maximum Gasteiger partial charge on any atom is 0.379 e. The molecule has 0 saturated carbocycles. The van der Waals surface area contributed by atoms with Gasteiger partial charge in [-0.15, -0.1) is 11.3 Å². The molecule has 0 N–H and O–H groups in total. The van der Waals surface area contributed by atoms with Crippen LogP contribution in [-0.2, 0) is 9.53 Å². The van der Waals surface area contributed by atoms with E-state index in [2.05, 4.69) is 4.99 Å². The number of nitrogens with zero attached hydrogens (tertiary/aromatic N) is 1. The first-order valence-electron chi connectivity index (χ1n) is 10.4. The molecule has 3 heterocycles. The first-order valence-corrected chi connectivity index (χ1v) is 11.9. The molecule has 7 nitrogen and oxygen atoms in total. The lowest BCUT2D eigenvalue weighted by atomic mass is 10.1. The summed E-state index contributed by atoms with van der Waals surface area (Å²) in [4.78, 5) is 29.7. The van der Waals surface area contributed by atoms with Gasteiger partial charge in [0.05, 0.1) is 17.9 Å². The van der Waals surface area contributed by atoms with E-state index in [0.717, 1.165) is 10.1 Å². The Balaban J connectivity index is 1.44. The Morgan fingerprint density at radius 1 is 1.14 bits per heavy atom. The number of benzene rings is 2. The normalized spacial score (nSPS) is 14.3. The second kappa shape index (κ2) is 9.58. The summed E-state index contributed by atoms with van der Waals surface area (Å²) < 4.78 is 22.3. The predicted molar refractivity (Wildman–Crippen MR) is 134 cm³/mol. The molecule has 2 aromatic heterocycles. The van der Waals surface area contributed by atoms with Crippen LogP contribution in [0.5, 0.6) is 11.5 Å². The quantitative estimate of drug-likeness (QED) is 0.156. The Labute approximate surface area is 213 Å². The summed E-state index contributed by atoms with van der Waals surface area (Å²) in [5, 5.41) is 1.82. The second-order valence-electron chi connectivity index (χ2n) is 7.23. The zero-order valence-corrected chi connectivity index (χ0v) is 20.4. The minimum atomic E-state index is -0.655. The average Bonchev–Trinajstić information content (AvgIpc) is 3.56. The minimum Gasteiger partial charge on any atom is -0.490 e. The van der Waals surface area contributed by atoms with Gasteiger partial charge in [-0.2, -0.15) is 0 Å². The fraction of sp³-hybridized carbons (Fsp3) is 0.0800. The van der Waals surface area contributed by atoms with Gasteiger partial charge >= 0.3 is 11.9 Å². The molecular weight excluding hydrogens is 513 g/mol. The van der Waals surface area contributed by atoms with E-state index in [-0.39, 0.29) is 23.1 Å². The molecule has 0 unspecified atom stereocenters. The monoisotopic (exact) mass is 527 g/mol. The second-order valence-corrected chi connectivity index (χ2v) is 9.09. The van der Waals surface area contributed by atoms with Crippen molar-refractivity contribution in [2.45, 2.75) is 6.92 Å². The number of carbonyl (C=O) groups is 2. The number of ether oxygens (including phenoxy) is 3. The van der Waals surface area contributed by atoms with Crippen LogP contribution in [0.15, 0.2) is 69.9 Å². The summed E-state index contributed by atoms with van der Waals surface area (Å²) in [5.41, 5.74) is 0.687. The highest BCUT2D eigenvalue weighted by Gasteiger charge is 2.28. The highest BCUT2D eigenvalue weighted by Crippen LogP contribution is 2.39. The molecular formula is C25H15Cl2NO6S. The predicted octanol–water partition coefficient (Wildman–Crippen LogP) is 6.76. The van der Waals surface area contributed by atoms with Crippen LogP contribution in [0.3, 0.4) is 0 Å². The number of aliphatic imine (C=N–C) groups is 1. The van der Waals surface area contributed by atoms with E-state index in [4.69, 9.17) is 41.8 Å². The fourth-order valence-corrected chi connectivity index (χ4v) is 5.07. The third-order valence-electron chi connectivity index (χ3n) is 4.90. The van der Waals surface area contributed by atoms with Crippen LogP contribution in [0.2, 0.25) is 10.0 Å². The van der Waals surface area contributed by atoms with Crippen molar-refractivity contribution in [2.75, 3.05) is 6.61 Å². The van der Waals surface area contributed by atoms with Gasteiger partial charge < -0.3 is 18.6 Å². The maximum atomic E-state index is 12.5. The topological polar surface area (TPSA) is 87.3 Å². The van der Waals surface area contributed by atoms with Gasteiger partial charge in [-0.3, -0.25) is 0 Å². The average molecular weight is 528 g/mol. The molecule has 2 aromatic carbocycles. The summed E-state index contributed by atoms with van der Waals surface area (Å²) in [7, 11) is 0. The Kier molecular flexibility index (Phi) is 6.34. The number of hydrogen-bond donors (Lipinski definition) is 0. The summed E-state index contributed by atoms with van der Waals surface area (Å²) in [6.45, 7) is 2.14. The molecule has 176 valence electrons. The van der Waals surface area contributed by atoms with Gasteiger partial charge in [0, 0.05) is 15.1 Å². The van der Waals surface area contributed by atoms with Gasteiger partial charge in [0.1, 0.15) is 4.88 Å². The molecule has 5 rings (SSSR count).